The molecule has 0 aliphatic carbocycles. The summed E-state index contributed by atoms with van der Waals surface area (Å²) in [6.45, 7) is 4.19. The second kappa shape index (κ2) is 6.70. The first kappa shape index (κ1) is 14.8. The minimum atomic E-state index is -0.223. The molecule has 20 heavy (non-hydrogen) atoms. The molecule has 1 aromatic rings. The minimum absolute atomic E-state index is 0.115. The third kappa shape index (κ3) is 4.20. The largest absolute Gasteiger partial charge is 0.373 e. The fraction of sp³-hybridized carbons (Fsp3) is 0.533. The Morgan fingerprint density at radius 2 is 2.30 bits per heavy atom. The van der Waals surface area contributed by atoms with Crippen LogP contribution in [0.4, 0.5) is 4.39 Å². The number of ether oxygens (including phenoxy) is 1. The van der Waals surface area contributed by atoms with Gasteiger partial charge in [-0.25, -0.2) is 4.39 Å². The van der Waals surface area contributed by atoms with Gasteiger partial charge in [0.1, 0.15) is 5.82 Å². The average Bonchev–Trinajstić information content (AvgIpc) is 2.86. The average molecular weight is 279 g/mol. The van der Waals surface area contributed by atoms with Crippen LogP contribution in [0.3, 0.4) is 0 Å². The third-order valence-corrected chi connectivity index (χ3v) is 3.50. The Labute approximate surface area is 119 Å². The highest BCUT2D eigenvalue weighted by Gasteiger charge is 2.29. The van der Waals surface area contributed by atoms with Crippen molar-refractivity contribution in [2.24, 2.45) is 4.99 Å². The van der Waals surface area contributed by atoms with Gasteiger partial charge in [0.25, 0.3) is 0 Å². The third-order valence-electron chi connectivity index (χ3n) is 3.50. The summed E-state index contributed by atoms with van der Waals surface area (Å²) in [7, 11) is 1.72. The van der Waals surface area contributed by atoms with E-state index in [0.717, 1.165) is 31.6 Å². The van der Waals surface area contributed by atoms with E-state index in [2.05, 4.69) is 22.5 Å². The number of aliphatic imine (C=N–C) groups is 1. The number of rotatable bonds is 4. The molecule has 1 unspecified atom stereocenters. The summed E-state index contributed by atoms with van der Waals surface area (Å²) in [4.78, 5) is 4.16. The molecule has 0 saturated carbocycles. The van der Waals surface area contributed by atoms with Crippen molar-refractivity contribution in [1.82, 2.24) is 10.6 Å². The molecule has 1 aromatic carbocycles. The summed E-state index contributed by atoms with van der Waals surface area (Å²) in [5.74, 6) is 0.477. The van der Waals surface area contributed by atoms with Gasteiger partial charge in [-0.15, -0.1) is 0 Å². The number of benzene rings is 1. The van der Waals surface area contributed by atoms with Gasteiger partial charge >= 0.3 is 0 Å². The normalized spacial score (nSPS) is 22.9. The number of halogens is 1. The summed E-state index contributed by atoms with van der Waals surface area (Å²) < 4.78 is 18.8. The molecule has 5 heteroatoms. The van der Waals surface area contributed by atoms with E-state index in [1.807, 2.05) is 6.07 Å². The number of guanidine groups is 1. The highest BCUT2D eigenvalue weighted by molar-refractivity contribution is 5.79. The van der Waals surface area contributed by atoms with Crippen molar-refractivity contribution in [3.05, 3.63) is 35.6 Å². The van der Waals surface area contributed by atoms with Crippen molar-refractivity contribution in [2.75, 3.05) is 20.2 Å². The zero-order chi connectivity index (χ0) is 14.4. The Morgan fingerprint density at radius 3 is 2.95 bits per heavy atom. The van der Waals surface area contributed by atoms with Gasteiger partial charge in [0.15, 0.2) is 5.96 Å². The summed E-state index contributed by atoms with van der Waals surface area (Å²) >= 11 is 0. The van der Waals surface area contributed by atoms with Crippen LogP contribution in [0.25, 0.3) is 0 Å². The second-order valence-electron chi connectivity index (χ2n) is 5.31. The van der Waals surface area contributed by atoms with Crippen molar-refractivity contribution in [3.8, 4) is 0 Å². The molecule has 0 spiro atoms. The molecule has 110 valence electrons. The maximum atomic E-state index is 13.1. The molecule has 1 saturated heterocycles. The van der Waals surface area contributed by atoms with Gasteiger partial charge in [0, 0.05) is 26.7 Å². The molecule has 0 aromatic heterocycles. The van der Waals surface area contributed by atoms with Crippen molar-refractivity contribution in [2.45, 2.75) is 31.9 Å². The molecule has 2 N–H and O–H groups in total. The van der Waals surface area contributed by atoms with Crippen LogP contribution in [0.5, 0.6) is 0 Å². The smallest absolute Gasteiger partial charge is 0.191 e. The zero-order valence-corrected chi connectivity index (χ0v) is 12.1. The van der Waals surface area contributed by atoms with Crippen molar-refractivity contribution >= 4 is 5.96 Å². The van der Waals surface area contributed by atoms with E-state index in [1.165, 1.54) is 12.1 Å². The number of nitrogens with one attached hydrogen (secondary N) is 2. The Hall–Kier alpha value is -1.62. The van der Waals surface area contributed by atoms with Crippen LogP contribution in [0.1, 0.15) is 25.3 Å². The van der Waals surface area contributed by atoms with Crippen molar-refractivity contribution in [1.29, 1.82) is 0 Å². The van der Waals surface area contributed by atoms with Crippen LogP contribution in [0.15, 0.2) is 29.3 Å². The van der Waals surface area contributed by atoms with Gasteiger partial charge in [0.2, 0.25) is 0 Å². The lowest BCUT2D eigenvalue weighted by Gasteiger charge is -2.24. The Kier molecular flexibility index (Phi) is 4.95. The lowest BCUT2D eigenvalue weighted by molar-refractivity contribution is 0.0243. The highest BCUT2D eigenvalue weighted by atomic mass is 19.1. The van der Waals surface area contributed by atoms with Crippen LogP contribution in [0, 0.1) is 5.82 Å². The van der Waals surface area contributed by atoms with Gasteiger partial charge in [-0.05, 0) is 37.5 Å². The molecular formula is C15H22FN3O. The maximum absolute atomic E-state index is 13.1. The predicted molar refractivity (Wildman–Crippen MR) is 78.2 cm³/mol. The van der Waals surface area contributed by atoms with Crippen molar-refractivity contribution < 1.29 is 9.13 Å². The SMILES string of the molecule is CN=C(NCc1cccc(F)c1)NCC1(C)CCCO1. The van der Waals surface area contributed by atoms with Crippen LogP contribution in [-0.2, 0) is 11.3 Å². The van der Waals surface area contributed by atoms with Gasteiger partial charge in [-0.1, -0.05) is 12.1 Å². The number of hydrogen-bond donors (Lipinski definition) is 2. The summed E-state index contributed by atoms with van der Waals surface area (Å²) in [6.07, 6.45) is 2.16. The summed E-state index contributed by atoms with van der Waals surface area (Å²) in [6, 6.07) is 6.54. The molecule has 1 atom stereocenters. The predicted octanol–water partition coefficient (Wildman–Crippen LogP) is 2.06. The molecular weight excluding hydrogens is 257 g/mol. The molecule has 0 radical (unpaired) electrons. The maximum Gasteiger partial charge on any atom is 0.191 e. The van der Waals surface area contributed by atoms with Crippen LogP contribution >= 0.6 is 0 Å². The molecule has 0 bridgehead atoms. The van der Waals surface area contributed by atoms with E-state index in [4.69, 9.17) is 4.74 Å². The van der Waals surface area contributed by atoms with Gasteiger partial charge < -0.3 is 15.4 Å². The van der Waals surface area contributed by atoms with E-state index in [0.29, 0.717) is 12.5 Å². The molecule has 1 fully saturated rings. The van der Waals surface area contributed by atoms with Crippen LogP contribution in [-0.4, -0.2) is 31.8 Å². The standard InChI is InChI=1S/C15H22FN3O/c1-15(7-4-8-20-15)11-19-14(17-2)18-10-12-5-3-6-13(16)9-12/h3,5-6,9H,4,7-8,10-11H2,1-2H3,(H2,17,18,19). The fourth-order valence-corrected chi connectivity index (χ4v) is 2.30. The fourth-order valence-electron chi connectivity index (χ4n) is 2.30. The molecule has 1 aliphatic heterocycles. The van der Waals surface area contributed by atoms with E-state index < -0.39 is 0 Å². The van der Waals surface area contributed by atoms with Gasteiger partial charge in [0.05, 0.1) is 5.60 Å². The zero-order valence-electron chi connectivity index (χ0n) is 12.1. The summed E-state index contributed by atoms with van der Waals surface area (Å²) in [5.41, 5.74) is 0.771. The van der Waals surface area contributed by atoms with Gasteiger partial charge in [-0.2, -0.15) is 0 Å². The quantitative estimate of drug-likeness (QED) is 0.655. The highest BCUT2D eigenvalue weighted by Crippen LogP contribution is 2.23. The first-order valence-corrected chi connectivity index (χ1v) is 6.94. The van der Waals surface area contributed by atoms with Gasteiger partial charge in [-0.3, -0.25) is 4.99 Å². The lowest BCUT2D eigenvalue weighted by Crippen LogP contribution is -2.45. The molecule has 1 heterocycles. The molecule has 0 amide bonds. The van der Waals surface area contributed by atoms with E-state index in [-0.39, 0.29) is 11.4 Å². The number of nitrogens with zero attached hydrogens (tertiary/aromatic N) is 1. The first-order chi connectivity index (χ1) is 9.61. The molecule has 1 aliphatic rings. The Morgan fingerprint density at radius 1 is 1.45 bits per heavy atom. The van der Waals surface area contributed by atoms with E-state index in [1.54, 1.807) is 13.1 Å². The second-order valence-corrected chi connectivity index (χ2v) is 5.31. The summed E-state index contributed by atoms with van der Waals surface area (Å²) in [5, 5.41) is 6.43. The van der Waals surface area contributed by atoms with Crippen LogP contribution < -0.4 is 10.6 Å². The van der Waals surface area contributed by atoms with Crippen LogP contribution in [0.2, 0.25) is 0 Å². The molecule has 4 nitrogen and oxygen atoms in total. The Balaban J connectivity index is 1.81. The van der Waals surface area contributed by atoms with E-state index >= 15 is 0 Å². The first-order valence-electron chi connectivity index (χ1n) is 6.94. The topological polar surface area (TPSA) is 45.7 Å². The molecule has 2 rings (SSSR count). The van der Waals surface area contributed by atoms with E-state index in [9.17, 15) is 4.39 Å². The monoisotopic (exact) mass is 279 g/mol. The number of hydrogen-bond acceptors (Lipinski definition) is 2. The lowest BCUT2D eigenvalue weighted by atomic mass is 10.0. The minimum Gasteiger partial charge on any atom is -0.373 e. The van der Waals surface area contributed by atoms with Crippen molar-refractivity contribution in [3.63, 3.8) is 0 Å². The Bertz CT molecular complexity index is 470.